The van der Waals surface area contributed by atoms with E-state index in [0.29, 0.717) is 11.1 Å². The van der Waals surface area contributed by atoms with Gasteiger partial charge in [-0.05, 0) is 30.7 Å². The molecule has 0 unspecified atom stereocenters. The van der Waals surface area contributed by atoms with Crippen LogP contribution in [0.4, 0.5) is 0 Å². The van der Waals surface area contributed by atoms with Gasteiger partial charge in [0, 0.05) is 0 Å². The molecule has 3 heteroatoms. The zero-order valence-corrected chi connectivity index (χ0v) is 8.47. The van der Waals surface area contributed by atoms with Crippen LogP contribution in [0.5, 0.6) is 0 Å². The molecule has 78 valence electrons. The lowest BCUT2D eigenvalue weighted by Crippen LogP contribution is -2.05. The Balaban J connectivity index is 2.48. The Labute approximate surface area is 88.4 Å². The largest absolute Gasteiger partial charge is 0.458 e. The van der Waals surface area contributed by atoms with Crippen molar-refractivity contribution < 1.29 is 14.3 Å². The smallest absolute Gasteiger partial charge is 0.338 e. The highest BCUT2D eigenvalue weighted by molar-refractivity contribution is 5.89. The Kier molecular flexibility index (Phi) is 4.29. The van der Waals surface area contributed by atoms with Crippen molar-refractivity contribution in [1.82, 2.24) is 0 Å². The molecule has 0 aliphatic heterocycles. The minimum Gasteiger partial charge on any atom is -0.458 e. The molecule has 0 N–H and O–H groups in total. The van der Waals surface area contributed by atoms with Gasteiger partial charge in [0.1, 0.15) is 12.9 Å². The van der Waals surface area contributed by atoms with E-state index in [1.54, 1.807) is 37.3 Å². The number of hydrogen-bond acceptors (Lipinski definition) is 3. The van der Waals surface area contributed by atoms with E-state index in [0.717, 1.165) is 6.29 Å². The predicted molar refractivity (Wildman–Crippen MR) is 56.5 cm³/mol. The molecule has 0 aliphatic rings. The summed E-state index contributed by atoms with van der Waals surface area (Å²) in [5.41, 5.74) is 1.06. The molecule has 0 bridgehead atoms. The third-order valence-corrected chi connectivity index (χ3v) is 1.82. The molecule has 0 amide bonds. The SMILES string of the molecule is CC(C=O)=CCOC(=O)c1ccccc1. The molecule has 0 saturated carbocycles. The van der Waals surface area contributed by atoms with Gasteiger partial charge in [-0.25, -0.2) is 4.79 Å². The molecule has 1 aromatic carbocycles. The van der Waals surface area contributed by atoms with Crippen molar-refractivity contribution in [3.63, 3.8) is 0 Å². The first-order valence-electron chi connectivity index (χ1n) is 4.58. The van der Waals surface area contributed by atoms with E-state index in [2.05, 4.69) is 0 Å². The van der Waals surface area contributed by atoms with Crippen LogP contribution in [0.25, 0.3) is 0 Å². The Morgan fingerprint density at radius 2 is 2.00 bits per heavy atom. The maximum atomic E-state index is 11.4. The van der Waals surface area contributed by atoms with Crippen LogP contribution >= 0.6 is 0 Å². The summed E-state index contributed by atoms with van der Waals surface area (Å²) in [6.07, 6.45) is 2.28. The Morgan fingerprint density at radius 1 is 1.33 bits per heavy atom. The van der Waals surface area contributed by atoms with Crippen LogP contribution in [0.15, 0.2) is 42.0 Å². The molecule has 0 atom stereocenters. The molecule has 0 aromatic heterocycles. The number of benzene rings is 1. The number of ether oxygens (including phenoxy) is 1. The number of carbonyl (C=O) groups is 2. The van der Waals surface area contributed by atoms with Crippen molar-refractivity contribution in [2.75, 3.05) is 6.61 Å². The van der Waals surface area contributed by atoms with Gasteiger partial charge < -0.3 is 4.74 Å². The fourth-order valence-electron chi connectivity index (χ4n) is 0.954. The molecule has 1 rings (SSSR count). The second-order valence-electron chi connectivity index (χ2n) is 3.03. The van der Waals surface area contributed by atoms with Crippen molar-refractivity contribution in [3.8, 4) is 0 Å². The maximum Gasteiger partial charge on any atom is 0.338 e. The van der Waals surface area contributed by atoms with E-state index in [-0.39, 0.29) is 12.6 Å². The van der Waals surface area contributed by atoms with Crippen LogP contribution in [0.2, 0.25) is 0 Å². The van der Waals surface area contributed by atoms with Crippen molar-refractivity contribution in [2.24, 2.45) is 0 Å². The van der Waals surface area contributed by atoms with E-state index in [9.17, 15) is 9.59 Å². The Morgan fingerprint density at radius 3 is 2.60 bits per heavy atom. The zero-order valence-electron chi connectivity index (χ0n) is 8.47. The van der Waals surface area contributed by atoms with Crippen LogP contribution in [0.1, 0.15) is 17.3 Å². The van der Waals surface area contributed by atoms with Crippen LogP contribution in [-0.2, 0) is 9.53 Å². The fraction of sp³-hybridized carbons (Fsp3) is 0.167. The monoisotopic (exact) mass is 204 g/mol. The normalized spacial score (nSPS) is 10.9. The second kappa shape index (κ2) is 5.75. The fourth-order valence-corrected chi connectivity index (χ4v) is 0.954. The molecular weight excluding hydrogens is 192 g/mol. The molecule has 0 radical (unpaired) electrons. The zero-order chi connectivity index (χ0) is 11.1. The van der Waals surface area contributed by atoms with Gasteiger partial charge in [-0.1, -0.05) is 18.2 Å². The summed E-state index contributed by atoms with van der Waals surface area (Å²) in [5.74, 6) is -0.384. The summed E-state index contributed by atoms with van der Waals surface area (Å²) in [6.45, 7) is 1.78. The van der Waals surface area contributed by atoms with Crippen LogP contribution in [0, 0.1) is 0 Å². The quantitative estimate of drug-likeness (QED) is 0.428. The van der Waals surface area contributed by atoms with Gasteiger partial charge in [-0.15, -0.1) is 0 Å². The summed E-state index contributed by atoms with van der Waals surface area (Å²) < 4.78 is 4.93. The van der Waals surface area contributed by atoms with E-state index in [1.165, 1.54) is 0 Å². The van der Waals surface area contributed by atoms with Crippen molar-refractivity contribution >= 4 is 12.3 Å². The summed E-state index contributed by atoms with van der Waals surface area (Å²) in [7, 11) is 0. The van der Waals surface area contributed by atoms with E-state index < -0.39 is 0 Å². The minimum atomic E-state index is -0.384. The molecular formula is C12H12O3. The lowest BCUT2D eigenvalue weighted by atomic mass is 10.2. The minimum absolute atomic E-state index is 0.123. The Hall–Kier alpha value is -1.90. The van der Waals surface area contributed by atoms with Gasteiger partial charge in [0.15, 0.2) is 0 Å². The average molecular weight is 204 g/mol. The van der Waals surface area contributed by atoms with Crippen molar-refractivity contribution in [1.29, 1.82) is 0 Å². The van der Waals surface area contributed by atoms with Crippen molar-refractivity contribution in [3.05, 3.63) is 47.5 Å². The number of allylic oxidation sites excluding steroid dienone is 1. The van der Waals surface area contributed by atoms with Gasteiger partial charge in [0.2, 0.25) is 0 Å². The first-order chi connectivity index (χ1) is 7.24. The van der Waals surface area contributed by atoms with Gasteiger partial charge in [0.05, 0.1) is 5.56 Å². The highest BCUT2D eigenvalue weighted by Gasteiger charge is 2.03. The first-order valence-corrected chi connectivity index (χ1v) is 4.58. The molecule has 0 saturated heterocycles. The van der Waals surface area contributed by atoms with Crippen LogP contribution < -0.4 is 0 Å². The number of esters is 1. The van der Waals surface area contributed by atoms with E-state index in [4.69, 9.17) is 4.74 Å². The summed E-state index contributed by atoms with van der Waals surface area (Å²) in [5, 5.41) is 0. The third-order valence-electron chi connectivity index (χ3n) is 1.82. The van der Waals surface area contributed by atoms with Gasteiger partial charge in [-0.3, -0.25) is 4.79 Å². The maximum absolute atomic E-state index is 11.4. The summed E-state index contributed by atoms with van der Waals surface area (Å²) in [6, 6.07) is 8.72. The van der Waals surface area contributed by atoms with Crippen LogP contribution in [-0.4, -0.2) is 18.9 Å². The molecule has 1 aromatic rings. The second-order valence-corrected chi connectivity index (χ2v) is 3.03. The van der Waals surface area contributed by atoms with Gasteiger partial charge >= 0.3 is 5.97 Å². The van der Waals surface area contributed by atoms with Crippen LogP contribution in [0.3, 0.4) is 0 Å². The van der Waals surface area contributed by atoms with Gasteiger partial charge in [0.25, 0.3) is 0 Å². The molecule has 15 heavy (non-hydrogen) atoms. The summed E-state index contributed by atoms with van der Waals surface area (Å²) in [4.78, 5) is 21.6. The topological polar surface area (TPSA) is 43.4 Å². The number of aldehydes is 1. The summed E-state index contributed by atoms with van der Waals surface area (Å²) >= 11 is 0. The number of rotatable bonds is 4. The molecule has 0 heterocycles. The molecule has 0 spiro atoms. The number of carbonyl (C=O) groups excluding carboxylic acids is 2. The predicted octanol–water partition coefficient (Wildman–Crippen LogP) is 1.99. The van der Waals surface area contributed by atoms with Gasteiger partial charge in [-0.2, -0.15) is 0 Å². The Bertz CT molecular complexity index is 366. The van der Waals surface area contributed by atoms with E-state index in [1.807, 2.05) is 6.07 Å². The first kappa shape index (κ1) is 11.2. The molecule has 0 fully saturated rings. The van der Waals surface area contributed by atoms with Crippen molar-refractivity contribution in [2.45, 2.75) is 6.92 Å². The molecule has 0 aliphatic carbocycles. The van der Waals surface area contributed by atoms with E-state index >= 15 is 0 Å². The highest BCUT2D eigenvalue weighted by atomic mass is 16.5. The lowest BCUT2D eigenvalue weighted by molar-refractivity contribution is -0.104. The number of hydrogen-bond donors (Lipinski definition) is 0. The highest BCUT2D eigenvalue weighted by Crippen LogP contribution is 2.01. The standard InChI is InChI=1S/C12H12O3/c1-10(9-13)7-8-15-12(14)11-5-3-2-4-6-11/h2-7,9H,8H2,1H3. The third kappa shape index (κ3) is 3.77. The lowest BCUT2D eigenvalue weighted by Gasteiger charge is -2.01. The average Bonchev–Trinajstić information content (AvgIpc) is 2.29. The molecule has 3 nitrogen and oxygen atoms in total.